The van der Waals surface area contributed by atoms with Gasteiger partial charge in [-0.25, -0.2) is 0 Å². The molecule has 0 atom stereocenters. The molecule has 100 valence electrons. The maximum Gasteiger partial charge on any atom is 0.451 e. The number of halogens is 3. The fourth-order valence-electron chi connectivity index (χ4n) is 1.35. The van der Waals surface area contributed by atoms with Crippen LogP contribution in [0.1, 0.15) is 35.7 Å². The topological polar surface area (TPSA) is 57.5 Å². The number of ketones is 1. The SMILES string of the molecule is CC(C)c1ccc(C(=O)C(O)(O)C(F)(F)F)cc1. The summed E-state index contributed by atoms with van der Waals surface area (Å²) in [5.41, 5.74) is 0.432. The highest BCUT2D eigenvalue weighted by atomic mass is 19.4. The molecule has 0 radical (unpaired) electrons. The second-order valence-electron chi connectivity index (χ2n) is 4.28. The van der Waals surface area contributed by atoms with Crippen molar-refractivity contribution in [2.75, 3.05) is 0 Å². The Balaban J connectivity index is 3.05. The van der Waals surface area contributed by atoms with Gasteiger partial charge in [-0.1, -0.05) is 38.1 Å². The highest BCUT2D eigenvalue weighted by molar-refractivity contribution is 6.01. The third kappa shape index (κ3) is 2.70. The predicted molar refractivity (Wildman–Crippen MR) is 58.1 cm³/mol. The van der Waals surface area contributed by atoms with E-state index in [9.17, 15) is 18.0 Å². The van der Waals surface area contributed by atoms with E-state index in [1.807, 2.05) is 13.8 Å². The Labute approximate surface area is 102 Å². The summed E-state index contributed by atoms with van der Waals surface area (Å²) in [5, 5.41) is 17.7. The van der Waals surface area contributed by atoms with E-state index in [4.69, 9.17) is 10.2 Å². The van der Waals surface area contributed by atoms with Gasteiger partial charge >= 0.3 is 12.0 Å². The van der Waals surface area contributed by atoms with Crippen LogP contribution in [0.2, 0.25) is 0 Å². The van der Waals surface area contributed by atoms with Gasteiger partial charge in [-0.3, -0.25) is 4.79 Å². The van der Waals surface area contributed by atoms with E-state index in [-0.39, 0.29) is 5.92 Å². The maximum absolute atomic E-state index is 12.3. The van der Waals surface area contributed by atoms with E-state index in [0.717, 1.165) is 17.7 Å². The van der Waals surface area contributed by atoms with Gasteiger partial charge in [0.25, 0.3) is 0 Å². The van der Waals surface area contributed by atoms with E-state index in [1.54, 1.807) is 0 Å². The number of carbonyl (C=O) groups excluding carboxylic acids is 1. The van der Waals surface area contributed by atoms with Crippen molar-refractivity contribution in [3.05, 3.63) is 35.4 Å². The third-order valence-corrected chi connectivity index (χ3v) is 2.55. The number of hydrogen-bond donors (Lipinski definition) is 2. The summed E-state index contributed by atoms with van der Waals surface area (Å²) in [7, 11) is 0. The largest absolute Gasteiger partial charge is 0.451 e. The van der Waals surface area contributed by atoms with E-state index in [2.05, 4.69) is 0 Å². The second-order valence-corrected chi connectivity index (χ2v) is 4.28. The van der Waals surface area contributed by atoms with Crippen molar-refractivity contribution in [1.82, 2.24) is 0 Å². The Kier molecular flexibility index (Phi) is 3.83. The van der Waals surface area contributed by atoms with Gasteiger partial charge in [0.15, 0.2) is 0 Å². The number of hydrogen-bond acceptors (Lipinski definition) is 3. The summed E-state index contributed by atoms with van der Waals surface area (Å²) in [4.78, 5) is 11.4. The molecule has 1 aromatic carbocycles. The second kappa shape index (κ2) is 4.70. The van der Waals surface area contributed by atoms with Gasteiger partial charge < -0.3 is 10.2 Å². The van der Waals surface area contributed by atoms with E-state index >= 15 is 0 Å². The molecule has 0 saturated carbocycles. The minimum Gasteiger partial charge on any atom is -0.352 e. The number of alkyl halides is 3. The first-order chi connectivity index (χ1) is 8.07. The number of Topliss-reactive ketones (excluding diaryl/α,β-unsaturated/α-hetero) is 1. The van der Waals surface area contributed by atoms with Crippen LogP contribution in [-0.4, -0.2) is 28.0 Å². The molecule has 18 heavy (non-hydrogen) atoms. The van der Waals surface area contributed by atoms with Gasteiger partial charge in [0.2, 0.25) is 5.78 Å². The minimum atomic E-state index is -5.43. The molecule has 0 spiro atoms. The van der Waals surface area contributed by atoms with Gasteiger partial charge in [0.1, 0.15) is 0 Å². The third-order valence-electron chi connectivity index (χ3n) is 2.55. The molecule has 0 fully saturated rings. The summed E-state index contributed by atoms with van der Waals surface area (Å²) >= 11 is 0. The molecule has 0 aliphatic rings. The Bertz CT molecular complexity index is 433. The lowest BCUT2D eigenvalue weighted by Gasteiger charge is -2.22. The van der Waals surface area contributed by atoms with Crippen LogP contribution >= 0.6 is 0 Å². The smallest absolute Gasteiger partial charge is 0.352 e. The fourth-order valence-corrected chi connectivity index (χ4v) is 1.35. The number of benzene rings is 1. The normalized spacial score (nSPS) is 12.9. The van der Waals surface area contributed by atoms with Crippen LogP contribution in [-0.2, 0) is 0 Å². The molecule has 0 unspecified atom stereocenters. The first kappa shape index (κ1) is 14.7. The zero-order valence-corrected chi connectivity index (χ0v) is 9.82. The molecular weight excluding hydrogens is 249 g/mol. The molecule has 3 nitrogen and oxygen atoms in total. The molecule has 0 aliphatic carbocycles. The predicted octanol–water partition coefficient (Wildman–Crippen LogP) is 2.24. The Morgan fingerprint density at radius 1 is 1.11 bits per heavy atom. The average molecular weight is 262 g/mol. The Morgan fingerprint density at radius 3 is 1.89 bits per heavy atom. The zero-order chi connectivity index (χ0) is 14.1. The van der Waals surface area contributed by atoms with Crippen molar-refractivity contribution in [3.63, 3.8) is 0 Å². The maximum atomic E-state index is 12.3. The standard InChI is InChI=1S/C12H13F3O3/c1-7(2)8-3-5-9(6-4-8)10(16)11(17,18)12(13,14)15/h3-7,17-18H,1-2H3. The quantitative estimate of drug-likeness (QED) is 0.648. The molecule has 0 aliphatic heterocycles. The highest BCUT2D eigenvalue weighted by Gasteiger charge is 2.58. The summed E-state index contributed by atoms with van der Waals surface area (Å²) in [6.45, 7) is 3.77. The zero-order valence-electron chi connectivity index (χ0n) is 9.82. The highest BCUT2D eigenvalue weighted by Crippen LogP contribution is 2.31. The van der Waals surface area contributed by atoms with Crippen molar-refractivity contribution in [2.45, 2.75) is 31.7 Å². The molecule has 1 rings (SSSR count). The monoisotopic (exact) mass is 262 g/mol. The van der Waals surface area contributed by atoms with Crippen LogP contribution < -0.4 is 0 Å². The lowest BCUT2D eigenvalue weighted by molar-refractivity contribution is -0.318. The van der Waals surface area contributed by atoms with Crippen LogP contribution in [0.5, 0.6) is 0 Å². The molecule has 1 aromatic rings. The van der Waals surface area contributed by atoms with Crippen molar-refractivity contribution >= 4 is 5.78 Å². The molecule has 2 N–H and O–H groups in total. The summed E-state index contributed by atoms with van der Waals surface area (Å²) in [5.74, 6) is -5.98. The van der Waals surface area contributed by atoms with Crippen LogP contribution in [0.15, 0.2) is 24.3 Å². The molecule has 0 heterocycles. The number of carbonyl (C=O) groups is 1. The first-order valence-electron chi connectivity index (χ1n) is 5.23. The van der Waals surface area contributed by atoms with Crippen LogP contribution in [0.4, 0.5) is 13.2 Å². The molecule has 0 saturated heterocycles. The average Bonchev–Trinajstić information content (AvgIpc) is 2.26. The lowest BCUT2D eigenvalue weighted by atomic mass is 9.98. The van der Waals surface area contributed by atoms with Crippen LogP contribution in [0.25, 0.3) is 0 Å². The van der Waals surface area contributed by atoms with Gasteiger partial charge in [-0.15, -0.1) is 0 Å². The van der Waals surface area contributed by atoms with E-state index < -0.39 is 23.3 Å². The van der Waals surface area contributed by atoms with Crippen LogP contribution in [0, 0.1) is 0 Å². The number of rotatable bonds is 3. The summed E-state index contributed by atoms with van der Waals surface area (Å²) in [6.07, 6.45) is -5.43. The molecule has 6 heteroatoms. The summed E-state index contributed by atoms with van der Waals surface area (Å²) in [6, 6.07) is 5.24. The van der Waals surface area contributed by atoms with Gasteiger partial charge in [0, 0.05) is 5.56 Å². The summed E-state index contributed by atoms with van der Waals surface area (Å²) < 4.78 is 36.8. The van der Waals surface area contributed by atoms with E-state index in [0.29, 0.717) is 0 Å². The molecular formula is C12H13F3O3. The first-order valence-corrected chi connectivity index (χ1v) is 5.23. The Morgan fingerprint density at radius 2 is 1.56 bits per heavy atom. The van der Waals surface area contributed by atoms with Crippen molar-refractivity contribution in [1.29, 1.82) is 0 Å². The lowest BCUT2D eigenvalue weighted by Crippen LogP contribution is -2.51. The minimum absolute atomic E-state index is 0.157. The van der Waals surface area contributed by atoms with Crippen molar-refractivity contribution in [3.8, 4) is 0 Å². The van der Waals surface area contributed by atoms with Crippen LogP contribution in [0.3, 0.4) is 0 Å². The number of aliphatic hydroxyl groups is 2. The van der Waals surface area contributed by atoms with Gasteiger partial charge in [0.05, 0.1) is 0 Å². The van der Waals surface area contributed by atoms with Crippen molar-refractivity contribution < 1.29 is 28.2 Å². The molecule has 0 amide bonds. The van der Waals surface area contributed by atoms with Crippen molar-refractivity contribution in [2.24, 2.45) is 0 Å². The molecule has 0 aromatic heterocycles. The van der Waals surface area contributed by atoms with Gasteiger partial charge in [-0.05, 0) is 11.5 Å². The fraction of sp³-hybridized carbons (Fsp3) is 0.417. The molecule has 0 bridgehead atoms. The van der Waals surface area contributed by atoms with Gasteiger partial charge in [-0.2, -0.15) is 13.2 Å². The van der Waals surface area contributed by atoms with E-state index in [1.165, 1.54) is 12.1 Å². The Hall–Kier alpha value is -1.40.